The maximum absolute atomic E-state index is 11.3. The van der Waals surface area contributed by atoms with Crippen LogP contribution in [0.25, 0.3) is 0 Å². The third-order valence-corrected chi connectivity index (χ3v) is 4.81. The van der Waals surface area contributed by atoms with Gasteiger partial charge in [-0.05, 0) is 54.4 Å². The van der Waals surface area contributed by atoms with E-state index in [1.54, 1.807) is 64.5 Å². The molecule has 7 heteroatoms. The van der Waals surface area contributed by atoms with Gasteiger partial charge in [0.05, 0.1) is 27.2 Å². The van der Waals surface area contributed by atoms with Gasteiger partial charge >= 0.3 is 5.97 Å². The minimum absolute atomic E-state index is 0.192. The van der Waals surface area contributed by atoms with Crippen molar-refractivity contribution in [2.24, 2.45) is 0 Å². The number of rotatable bonds is 6. The van der Waals surface area contributed by atoms with Crippen LogP contribution in [0.4, 0.5) is 0 Å². The molecule has 2 atom stereocenters. The second kappa shape index (κ2) is 11.6. The van der Waals surface area contributed by atoms with E-state index in [0.29, 0.717) is 27.1 Å². The lowest BCUT2D eigenvalue weighted by molar-refractivity contribution is -0.142. The standard InChI is InChI=1S/C11H13ClO3.C10H11ClO2/c1-7(11(13)15-3)9-6-8(14-2)4-5-10(9)12;1-7(6-12)9-5-8(13-2)3-4-10(9)11/h4-7H,1-3H3;3-7H,1-2H3. The lowest BCUT2D eigenvalue weighted by atomic mass is 10.0. The summed E-state index contributed by atoms with van der Waals surface area (Å²) >= 11 is 11.9. The van der Waals surface area contributed by atoms with E-state index in [0.717, 1.165) is 11.8 Å². The number of aldehydes is 1. The lowest BCUT2D eigenvalue weighted by Crippen LogP contribution is -2.11. The molecule has 28 heavy (non-hydrogen) atoms. The number of hydrogen-bond donors (Lipinski definition) is 0. The van der Waals surface area contributed by atoms with Crippen LogP contribution < -0.4 is 9.47 Å². The molecule has 0 saturated heterocycles. The third-order valence-electron chi connectivity index (χ3n) is 4.12. The minimum Gasteiger partial charge on any atom is -0.497 e. The van der Waals surface area contributed by atoms with Gasteiger partial charge in [0.15, 0.2) is 0 Å². The number of ether oxygens (including phenoxy) is 3. The van der Waals surface area contributed by atoms with Crippen LogP contribution in [-0.2, 0) is 14.3 Å². The Labute approximate surface area is 175 Å². The van der Waals surface area contributed by atoms with Gasteiger partial charge in [-0.2, -0.15) is 0 Å². The highest BCUT2D eigenvalue weighted by atomic mass is 35.5. The molecule has 2 rings (SSSR count). The summed E-state index contributed by atoms with van der Waals surface area (Å²) in [6.45, 7) is 3.54. The number of benzene rings is 2. The van der Waals surface area contributed by atoms with Crippen molar-refractivity contribution < 1.29 is 23.8 Å². The van der Waals surface area contributed by atoms with Gasteiger partial charge in [-0.3, -0.25) is 4.79 Å². The molecule has 2 unspecified atom stereocenters. The first-order valence-corrected chi connectivity index (χ1v) is 9.24. The first-order valence-electron chi connectivity index (χ1n) is 8.49. The fraction of sp³-hybridized carbons (Fsp3) is 0.333. The molecule has 0 spiro atoms. The Morgan fingerprint density at radius 3 is 1.79 bits per heavy atom. The minimum atomic E-state index is -0.391. The molecule has 152 valence electrons. The predicted octanol–water partition coefficient (Wildman–Crippen LogP) is 5.28. The van der Waals surface area contributed by atoms with Crippen molar-refractivity contribution in [1.29, 1.82) is 0 Å². The van der Waals surface area contributed by atoms with Gasteiger partial charge in [0.25, 0.3) is 0 Å². The van der Waals surface area contributed by atoms with Crippen molar-refractivity contribution in [2.45, 2.75) is 25.7 Å². The largest absolute Gasteiger partial charge is 0.497 e. The van der Waals surface area contributed by atoms with E-state index in [4.69, 9.17) is 32.7 Å². The summed E-state index contributed by atoms with van der Waals surface area (Å²) < 4.78 is 14.7. The number of carbonyl (C=O) groups is 2. The monoisotopic (exact) mass is 426 g/mol. The molecule has 0 heterocycles. The van der Waals surface area contributed by atoms with Crippen LogP contribution in [0.15, 0.2) is 36.4 Å². The summed E-state index contributed by atoms with van der Waals surface area (Å²) in [5.41, 5.74) is 1.51. The van der Waals surface area contributed by atoms with Crippen LogP contribution in [0, 0.1) is 0 Å². The molecular formula is C21H24Cl2O5. The first kappa shape index (κ1) is 23.8. The molecule has 0 N–H and O–H groups in total. The van der Waals surface area contributed by atoms with Crippen LogP contribution >= 0.6 is 23.2 Å². The van der Waals surface area contributed by atoms with Crippen LogP contribution in [-0.4, -0.2) is 33.6 Å². The number of hydrogen-bond acceptors (Lipinski definition) is 5. The number of carbonyl (C=O) groups excluding carboxylic acids is 2. The van der Waals surface area contributed by atoms with Crippen molar-refractivity contribution in [1.82, 2.24) is 0 Å². The second-order valence-corrected chi connectivity index (χ2v) is 6.76. The van der Waals surface area contributed by atoms with E-state index in [2.05, 4.69) is 4.74 Å². The van der Waals surface area contributed by atoms with Crippen molar-refractivity contribution in [2.75, 3.05) is 21.3 Å². The molecule has 0 fully saturated rings. The molecule has 2 aromatic carbocycles. The van der Waals surface area contributed by atoms with E-state index >= 15 is 0 Å². The molecule has 0 saturated carbocycles. The molecule has 0 aliphatic carbocycles. The summed E-state index contributed by atoms with van der Waals surface area (Å²) in [4.78, 5) is 21.9. The van der Waals surface area contributed by atoms with E-state index in [1.165, 1.54) is 7.11 Å². The van der Waals surface area contributed by atoms with Crippen LogP contribution in [0.2, 0.25) is 10.0 Å². The zero-order chi connectivity index (χ0) is 21.3. The first-order chi connectivity index (χ1) is 13.3. The molecule has 2 aromatic rings. The Morgan fingerprint density at radius 1 is 0.893 bits per heavy atom. The maximum atomic E-state index is 11.3. The van der Waals surface area contributed by atoms with Crippen molar-refractivity contribution in [3.8, 4) is 11.5 Å². The van der Waals surface area contributed by atoms with Crippen molar-refractivity contribution >= 4 is 35.5 Å². The number of methoxy groups -OCH3 is 3. The van der Waals surface area contributed by atoms with Crippen molar-refractivity contribution in [3.05, 3.63) is 57.6 Å². The average Bonchev–Trinajstić information content (AvgIpc) is 2.73. The quantitative estimate of drug-likeness (QED) is 0.464. The molecule has 0 aliphatic heterocycles. The molecule has 0 bridgehead atoms. The SMILES string of the molecule is COC(=O)C(C)c1cc(OC)ccc1Cl.COc1ccc(Cl)c(C(C)C=O)c1. The van der Waals surface area contributed by atoms with Gasteiger partial charge in [0.1, 0.15) is 17.8 Å². The van der Waals surface area contributed by atoms with Gasteiger partial charge in [0, 0.05) is 16.0 Å². The van der Waals surface area contributed by atoms with Gasteiger partial charge in [-0.15, -0.1) is 0 Å². The second-order valence-electron chi connectivity index (χ2n) is 5.94. The fourth-order valence-electron chi connectivity index (χ4n) is 2.36. The van der Waals surface area contributed by atoms with E-state index in [1.807, 2.05) is 0 Å². The van der Waals surface area contributed by atoms with E-state index < -0.39 is 5.92 Å². The maximum Gasteiger partial charge on any atom is 0.312 e. The van der Waals surface area contributed by atoms with E-state index in [-0.39, 0.29) is 11.9 Å². The zero-order valence-corrected chi connectivity index (χ0v) is 18.0. The number of esters is 1. The third kappa shape index (κ3) is 6.43. The Kier molecular flexibility index (Phi) is 9.83. The fourth-order valence-corrected chi connectivity index (χ4v) is 2.93. The molecule has 0 amide bonds. The van der Waals surface area contributed by atoms with Crippen molar-refractivity contribution in [3.63, 3.8) is 0 Å². The highest BCUT2D eigenvalue weighted by Crippen LogP contribution is 2.29. The highest BCUT2D eigenvalue weighted by Gasteiger charge is 2.19. The molecular weight excluding hydrogens is 403 g/mol. The average molecular weight is 427 g/mol. The van der Waals surface area contributed by atoms with Crippen LogP contribution in [0.1, 0.15) is 36.8 Å². The molecule has 5 nitrogen and oxygen atoms in total. The Morgan fingerprint density at radius 2 is 1.36 bits per heavy atom. The van der Waals surface area contributed by atoms with Gasteiger partial charge in [-0.1, -0.05) is 30.1 Å². The Hall–Kier alpha value is -2.24. The predicted molar refractivity (Wildman–Crippen MR) is 111 cm³/mol. The van der Waals surface area contributed by atoms with Crippen LogP contribution in [0.5, 0.6) is 11.5 Å². The van der Waals surface area contributed by atoms with Gasteiger partial charge in [-0.25, -0.2) is 0 Å². The van der Waals surface area contributed by atoms with Gasteiger partial charge < -0.3 is 19.0 Å². The number of halogens is 2. The Bertz CT molecular complexity index is 807. The van der Waals surface area contributed by atoms with E-state index in [9.17, 15) is 9.59 Å². The highest BCUT2D eigenvalue weighted by molar-refractivity contribution is 6.32. The topological polar surface area (TPSA) is 61.8 Å². The summed E-state index contributed by atoms with van der Waals surface area (Å²) in [5, 5.41) is 1.13. The zero-order valence-electron chi connectivity index (χ0n) is 16.5. The van der Waals surface area contributed by atoms with Crippen LogP contribution in [0.3, 0.4) is 0 Å². The Balaban J connectivity index is 0.000000283. The summed E-state index contributed by atoms with van der Waals surface area (Å²) in [6, 6.07) is 10.5. The smallest absolute Gasteiger partial charge is 0.312 e. The summed E-state index contributed by atoms with van der Waals surface area (Å²) in [5.74, 6) is 0.489. The normalized spacial score (nSPS) is 12.1. The molecule has 0 aromatic heterocycles. The summed E-state index contributed by atoms with van der Waals surface area (Å²) in [6.07, 6.45) is 0.862. The molecule has 0 aliphatic rings. The summed E-state index contributed by atoms with van der Waals surface area (Å²) in [7, 11) is 4.50. The molecule has 0 radical (unpaired) electrons. The van der Waals surface area contributed by atoms with Gasteiger partial charge in [0.2, 0.25) is 0 Å². The lowest BCUT2D eigenvalue weighted by Gasteiger charge is -2.12.